The van der Waals surface area contributed by atoms with Crippen molar-refractivity contribution in [2.24, 2.45) is 5.92 Å². The van der Waals surface area contributed by atoms with Crippen molar-refractivity contribution in [3.63, 3.8) is 0 Å². The minimum atomic E-state index is -1.19. The van der Waals surface area contributed by atoms with Gasteiger partial charge >= 0.3 is 0 Å². The van der Waals surface area contributed by atoms with Crippen LogP contribution in [-0.4, -0.2) is 67.9 Å². The Morgan fingerprint density at radius 1 is 0.872 bits per heavy atom. The molecule has 4 rings (SSSR count). The van der Waals surface area contributed by atoms with Crippen LogP contribution in [0, 0.1) is 5.92 Å². The van der Waals surface area contributed by atoms with E-state index in [4.69, 9.17) is 0 Å². The lowest BCUT2D eigenvalue weighted by molar-refractivity contribution is -0.132. The predicted molar refractivity (Wildman–Crippen MR) is 178 cm³/mol. The Hall–Kier alpha value is -5.10. The molecule has 0 aliphatic rings. The number of aromatic amines is 1. The number of carbonyl (C=O) groups excluding carboxylic acids is 4. The van der Waals surface area contributed by atoms with Crippen molar-refractivity contribution in [3.8, 4) is 0 Å². The molecule has 0 aliphatic carbocycles. The highest BCUT2D eigenvalue weighted by Crippen LogP contribution is 2.20. The summed E-state index contributed by atoms with van der Waals surface area (Å²) in [6, 6.07) is 16.1. The number of nitrogens with one attached hydrogen (secondary N) is 5. The first kappa shape index (κ1) is 34.8. The van der Waals surface area contributed by atoms with Gasteiger partial charge in [-0.25, -0.2) is 4.98 Å². The molecule has 248 valence electrons. The smallest absolute Gasteiger partial charge is 0.243 e. The Balaban J connectivity index is 1.49. The number of hydrogen-bond acceptors (Lipinski definition) is 7. The van der Waals surface area contributed by atoms with Crippen molar-refractivity contribution in [3.05, 3.63) is 96.3 Å². The van der Waals surface area contributed by atoms with Gasteiger partial charge in [0.15, 0.2) is 0 Å². The van der Waals surface area contributed by atoms with Crippen LogP contribution in [-0.2, 0) is 38.6 Å². The van der Waals surface area contributed by atoms with E-state index in [1.54, 1.807) is 24.5 Å². The van der Waals surface area contributed by atoms with Gasteiger partial charge in [0, 0.05) is 37.9 Å². The van der Waals surface area contributed by atoms with Crippen LogP contribution in [0.15, 0.2) is 79.4 Å². The van der Waals surface area contributed by atoms with Gasteiger partial charge in [-0.1, -0.05) is 62.4 Å². The van der Waals surface area contributed by atoms with Crippen molar-refractivity contribution in [2.75, 3.05) is 0 Å². The van der Waals surface area contributed by atoms with Crippen LogP contribution in [0.1, 0.15) is 50.6 Å². The highest BCUT2D eigenvalue weighted by atomic mass is 16.3. The first-order valence-corrected chi connectivity index (χ1v) is 15.8. The summed E-state index contributed by atoms with van der Waals surface area (Å²) < 4.78 is 0. The molecular weight excluding hydrogens is 598 g/mol. The number of H-pyrrole nitrogens is 1. The van der Waals surface area contributed by atoms with Gasteiger partial charge in [-0.3, -0.25) is 24.2 Å². The molecule has 0 bridgehead atoms. The average molecular weight is 642 g/mol. The van der Waals surface area contributed by atoms with Crippen molar-refractivity contribution in [1.29, 1.82) is 0 Å². The number of imidazole rings is 1. The number of aliphatic hydroxyl groups is 1. The lowest BCUT2D eigenvalue weighted by atomic mass is 9.96. The van der Waals surface area contributed by atoms with Crippen molar-refractivity contribution < 1.29 is 24.3 Å². The second kappa shape index (κ2) is 17.0. The minimum Gasteiger partial charge on any atom is -0.390 e. The number of hydrogen-bond donors (Lipinski definition) is 6. The van der Waals surface area contributed by atoms with E-state index in [0.29, 0.717) is 17.8 Å². The zero-order chi connectivity index (χ0) is 33.8. The van der Waals surface area contributed by atoms with Gasteiger partial charge in [0.2, 0.25) is 23.6 Å². The quantitative estimate of drug-likeness (QED) is 0.109. The molecular formula is C35H43N7O5. The van der Waals surface area contributed by atoms with Crippen LogP contribution in [0.25, 0.3) is 10.8 Å². The molecule has 4 amide bonds. The summed E-state index contributed by atoms with van der Waals surface area (Å²) in [5.74, 6) is -1.78. The Labute approximate surface area is 274 Å². The summed E-state index contributed by atoms with van der Waals surface area (Å²) in [6.07, 6.45) is 3.90. The van der Waals surface area contributed by atoms with Gasteiger partial charge in [0.25, 0.3) is 0 Å². The van der Waals surface area contributed by atoms with Gasteiger partial charge in [-0.05, 0) is 40.8 Å². The Kier molecular flexibility index (Phi) is 12.6. The molecule has 0 spiro atoms. The summed E-state index contributed by atoms with van der Waals surface area (Å²) >= 11 is 0. The van der Waals surface area contributed by atoms with Gasteiger partial charge in [0.05, 0.1) is 37.1 Å². The maximum absolute atomic E-state index is 13.8. The molecule has 12 heteroatoms. The SMILES string of the molecule is CC(=O)N[C@@H](Cc1cccc2ccccc12)C(=O)N[C@@H](Cc1cnc[nH]1)C(=O)NC(CC(C)C)C(O)CC(=O)NCc1ccccn1. The minimum absolute atomic E-state index is 0.0771. The van der Waals surface area contributed by atoms with Crippen molar-refractivity contribution in [2.45, 2.75) is 77.2 Å². The molecule has 2 heterocycles. The van der Waals surface area contributed by atoms with Gasteiger partial charge < -0.3 is 31.4 Å². The molecule has 47 heavy (non-hydrogen) atoms. The van der Waals surface area contributed by atoms with Gasteiger partial charge in [-0.2, -0.15) is 0 Å². The molecule has 0 aliphatic heterocycles. The summed E-state index contributed by atoms with van der Waals surface area (Å²) in [4.78, 5) is 63.6. The van der Waals surface area contributed by atoms with E-state index in [9.17, 15) is 24.3 Å². The molecule has 0 saturated heterocycles. The Bertz CT molecular complexity index is 1620. The number of pyridine rings is 1. The monoisotopic (exact) mass is 641 g/mol. The third kappa shape index (κ3) is 10.7. The molecule has 2 aromatic heterocycles. The van der Waals surface area contributed by atoms with E-state index >= 15 is 0 Å². The predicted octanol–water partition coefficient (Wildman–Crippen LogP) is 2.33. The third-order valence-corrected chi connectivity index (χ3v) is 7.71. The molecule has 6 N–H and O–H groups in total. The summed E-state index contributed by atoms with van der Waals surface area (Å²) in [7, 11) is 0. The number of aromatic nitrogens is 3. The lowest BCUT2D eigenvalue weighted by Crippen LogP contribution is -2.57. The standard InChI is InChI=1S/C35H43N7O5/c1-22(2)15-29(32(44)18-33(45)38-20-26-12-6-7-14-37-26)41-35(47)31(17-27-19-36-21-39-27)42-34(46)30(40-23(3)43)16-25-11-8-10-24-9-4-5-13-28(24)25/h4-14,19,21-22,29-32,44H,15-18,20H2,1-3H3,(H,36,39)(H,38,45)(H,40,43)(H,41,47)(H,42,46)/t29?,30-,31-,32?/m0/s1. The molecule has 0 radical (unpaired) electrons. The lowest BCUT2D eigenvalue weighted by Gasteiger charge is -2.29. The van der Waals surface area contributed by atoms with Crippen LogP contribution in [0.4, 0.5) is 0 Å². The molecule has 0 saturated carbocycles. The van der Waals surface area contributed by atoms with Crippen LogP contribution in [0.2, 0.25) is 0 Å². The molecule has 4 atom stereocenters. The summed E-state index contributed by atoms with van der Waals surface area (Å²) in [5, 5.41) is 24.2. The molecule has 12 nitrogen and oxygen atoms in total. The third-order valence-electron chi connectivity index (χ3n) is 7.71. The fourth-order valence-electron chi connectivity index (χ4n) is 5.44. The Morgan fingerprint density at radius 3 is 2.30 bits per heavy atom. The second-order valence-corrected chi connectivity index (χ2v) is 12.1. The number of nitrogens with zero attached hydrogens (tertiary/aromatic N) is 2. The van der Waals surface area contributed by atoms with E-state index in [-0.39, 0.29) is 43.5 Å². The highest BCUT2D eigenvalue weighted by molar-refractivity contribution is 5.93. The maximum Gasteiger partial charge on any atom is 0.243 e. The second-order valence-electron chi connectivity index (χ2n) is 12.1. The molecule has 2 unspecified atom stereocenters. The van der Waals surface area contributed by atoms with E-state index in [2.05, 4.69) is 36.2 Å². The largest absolute Gasteiger partial charge is 0.390 e. The molecule has 2 aromatic carbocycles. The maximum atomic E-state index is 13.8. The number of aliphatic hydroxyl groups excluding tert-OH is 1. The average Bonchev–Trinajstić information content (AvgIpc) is 3.56. The number of carbonyl (C=O) groups is 4. The molecule has 4 aromatic rings. The molecule has 0 fully saturated rings. The van der Waals surface area contributed by atoms with E-state index in [1.165, 1.54) is 13.3 Å². The van der Waals surface area contributed by atoms with E-state index in [1.807, 2.05) is 62.4 Å². The van der Waals surface area contributed by atoms with Crippen LogP contribution < -0.4 is 21.3 Å². The fraction of sp³-hybridized carbons (Fsp3) is 0.371. The fourth-order valence-corrected chi connectivity index (χ4v) is 5.44. The van der Waals surface area contributed by atoms with Gasteiger partial charge in [-0.15, -0.1) is 0 Å². The first-order chi connectivity index (χ1) is 22.6. The summed E-state index contributed by atoms with van der Waals surface area (Å²) in [5.41, 5.74) is 2.15. The van der Waals surface area contributed by atoms with Crippen LogP contribution in [0.3, 0.4) is 0 Å². The van der Waals surface area contributed by atoms with Gasteiger partial charge in [0.1, 0.15) is 12.1 Å². The van der Waals surface area contributed by atoms with Crippen molar-refractivity contribution in [1.82, 2.24) is 36.2 Å². The highest BCUT2D eigenvalue weighted by Gasteiger charge is 2.31. The normalized spacial score (nSPS) is 13.7. The number of amides is 4. The van der Waals surface area contributed by atoms with Crippen molar-refractivity contribution >= 4 is 34.4 Å². The first-order valence-electron chi connectivity index (χ1n) is 15.8. The summed E-state index contributed by atoms with van der Waals surface area (Å²) in [6.45, 7) is 5.44. The van der Waals surface area contributed by atoms with E-state index < -0.39 is 36.0 Å². The van der Waals surface area contributed by atoms with E-state index in [0.717, 1.165) is 16.3 Å². The number of fused-ring (bicyclic) bond motifs is 1. The number of rotatable bonds is 16. The topological polar surface area (TPSA) is 178 Å². The Morgan fingerprint density at radius 2 is 1.60 bits per heavy atom. The zero-order valence-corrected chi connectivity index (χ0v) is 26.9. The van der Waals surface area contributed by atoms with Crippen LogP contribution >= 0.6 is 0 Å². The zero-order valence-electron chi connectivity index (χ0n) is 26.9. The van der Waals surface area contributed by atoms with Crippen LogP contribution in [0.5, 0.6) is 0 Å². The number of benzene rings is 2.